The number of benzene rings is 1. The lowest BCUT2D eigenvalue weighted by atomic mass is 10.1. The predicted molar refractivity (Wildman–Crippen MR) is 81.5 cm³/mol. The SMILES string of the molecule is CCCN(CC1CC1)c1cccc(F)c1CNC1CC1. The Bertz CT molecular complexity index is 452. The fourth-order valence-corrected chi connectivity index (χ4v) is 2.74. The molecule has 0 atom stereocenters. The zero-order valence-corrected chi connectivity index (χ0v) is 12.4. The Labute approximate surface area is 121 Å². The van der Waals surface area contributed by atoms with Gasteiger partial charge in [0.1, 0.15) is 5.82 Å². The van der Waals surface area contributed by atoms with Crippen molar-refractivity contribution < 1.29 is 4.39 Å². The molecule has 0 amide bonds. The normalized spacial score (nSPS) is 18.3. The largest absolute Gasteiger partial charge is 0.371 e. The monoisotopic (exact) mass is 276 g/mol. The molecule has 0 bridgehead atoms. The molecule has 2 nitrogen and oxygen atoms in total. The Balaban J connectivity index is 1.78. The van der Waals surface area contributed by atoms with Crippen LogP contribution in [0.3, 0.4) is 0 Å². The van der Waals surface area contributed by atoms with E-state index < -0.39 is 0 Å². The maximum absolute atomic E-state index is 14.2. The van der Waals surface area contributed by atoms with Crippen LogP contribution in [0.1, 0.15) is 44.6 Å². The lowest BCUT2D eigenvalue weighted by molar-refractivity contribution is 0.582. The Morgan fingerprint density at radius 3 is 2.70 bits per heavy atom. The van der Waals surface area contributed by atoms with Crippen molar-refractivity contribution in [1.82, 2.24) is 5.32 Å². The van der Waals surface area contributed by atoms with Gasteiger partial charge in [-0.15, -0.1) is 0 Å². The number of nitrogens with one attached hydrogen (secondary N) is 1. The molecule has 3 heteroatoms. The predicted octanol–water partition coefficient (Wildman–Crippen LogP) is 3.70. The maximum Gasteiger partial charge on any atom is 0.129 e. The van der Waals surface area contributed by atoms with E-state index in [1.165, 1.54) is 25.7 Å². The van der Waals surface area contributed by atoms with Crippen LogP contribution in [0.5, 0.6) is 0 Å². The number of hydrogen-bond acceptors (Lipinski definition) is 2. The molecule has 0 saturated heterocycles. The summed E-state index contributed by atoms with van der Waals surface area (Å²) in [5, 5.41) is 3.45. The van der Waals surface area contributed by atoms with Crippen molar-refractivity contribution >= 4 is 5.69 Å². The zero-order chi connectivity index (χ0) is 13.9. The topological polar surface area (TPSA) is 15.3 Å². The molecule has 2 saturated carbocycles. The molecular formula is C17H25FN2. The molecule has 1 aromatic rings. The summed E-state index contributed by atoms with van der Waals surface area (Å²) in [5.41, 5.74) is 1.96. The van der Waals surface area contributed by atoms with Crippen LogP contribution in [0.2, 0.25) is 0 Å². The van der Waals surface area contributed by atoms with Gasteiger partial charge in [-0.25, -0.2) is 4.39 Å². The summed E-state index contributed by atoms with van der Waals surface area (Å²) in [6, 6.07) is 6.14. The van der Waals surface area contributed by atoms with Crippen molar-refractivity contribution in [3.63, 3.8) is 0 Å². The van der Waals surface area contributed by atoms with Crippen LogP contribution in [0.25, 0.3) is 0 Å². The van der Waals surface area contributed by atoms with Crippen LogP contribution in [0.15, 0.2) is 18.2 Å². The average molecular weight is 276 g/mol. The molecule has 3 rings (SSSR count). The highest BCUT2D eigenvalue weighted by Crippen LogP contribution is 2.33. The van der Waals surface area contributed by atoms with E-state index in [-0.39, 0.29) is 5.82 Å². The summed E-state index contributed by atoms with van der Waals surface area (Å²) < 4.78 is 14.2. The van der Waals surface area contributed by atoms with Gasteiger partial charge in [-0.3, -0.25) is 0 Å². The molecule has 0 radical (unpaired) electrons. The molecule has 0 aromatic heterocycles. The summed E-state index contributed by atoms with van der Waals surface area (Å²) in [5.74, 6) is 0.765. The Morgan fingerprint density at radius 1 is 1.25 bits per heavy atom. The van der Waals surface area contributed by atoms with Crippen molar-refractivity contribution in [3.8, 4) is 0 Å². The van der Waals surface area contributed by atoms with E-state index in [1.54, 1.807) is 6.07 Å². The van der Waals surface area contributed by atoms with Gasteiger partial charge in [-0.05, 0) is 50.2 Å². The molecular weight excluding hydrogens is 251 g/mol. The molecule has 0 aliphatic heterocycles. The van der Waals surface area contributed by atoms with Crippen LogP contribution in [-0.4, -0.2) is 19.1 Å². The Hall–Kier alpha value is -1.09. The highest BCUT2D eigenvalue weighted by Gasteiger charge is 2.26. The van der Waals surface area contributed by atoms with Gasteiger partial charge in [-0.2, -0.15) is 0 Å². The minimum atomic E-state index is -0.0625. The summed E-state index contributed by atoms with van der Waals surface area (Å²) in [6.07, 6.45) is 6.27. The minimum Gasteiger partial charge on any atom is -0.371 e. The number of nitrogens with zero attached hydrogens (tertiary/aromatic N) is 1. The first-order chi connectivity index (χ1) is 9.78. The van der Waals surface area contributed by atoms with Gasteiger partial charge in [0, 0.05) is 36.9 Å². The number of halogens is 1. The second kappa shape index (κ2) is 6.13. The second-order valence-corrected chi connectivity index (χ2v) is 6.28. The lowest BCUT2D eigenvalue weighted by Gasteiger charge is -2.27. The van der Waals surface area contributed by atoms with Gasteiger partial charge >= 0.3 is 0 Å². The van der Waals surface area contributed by atoms with E-state index >= 15 is 0 Å². The zero-order valence-electron chi connectivity index (χ0n) is 12.4. The van der Waals surface area contributed by atoms with Crippen LogP contribution in [0, 0.1) is 11.7 Å². The van der Waals surface area contributed by atoms with Crippen LogP contribution in [0.4, 0.5) is 10.1 Å². The van der Waals surface area contributed by atoms with Crippen molar-refractivity contribution in [2.45, 2.75) is 51.6 Å². The first-order valence-electron chi connectivity index (χ1n) is 8.03. The summed E-state index contributed by atoms with van der Waals surface area (Å²) in [6.45, 7) is 4.98. The molecule has 1 N–H and O–H groups in total. The smallest absolute Gasteiger partial charge is 0.129 e. The van der Waals surface area contributed by atoms with Gasteiger partial charge in [0.2, 0.25) is 0 Å². The third-order valence-electron chi connectivity index (χ3n) is 4.25. The van der Waals surface area contributed by atoms with E-state index in [0.29, 0.717) is 12.6 Å². The van der Waals surface area contributed by atoms with Crippen molar-refractivity contribution in [1.29, 1.82) is 0 Å². The Morgan fingerprint density at radius 2 is 2.05 bits per heavy atom. The van der Waals surface area contributed by atoms with Crippen molar-refractivity contribution in [3.05, 3.63) is 29.6 Å². The molecule has 2 aliphatic carbocycles. The molecule has 0 unspecified atom stereocenters. The summed E-state index contributed by atoms with van der Waals surface area (Å²) in [4.78, 5) is 2.39. The van der Waals surface area contributed by atoms with Crippen LogP contribution >= 0.6 is 0 Å². The summed E-state index contributed by atoms with van der Waals surface area (Å²) in [7, 11) is 0. The van der Waals surface area contributed by atoms with E-state index in [1.807, 2.05) is 6.07 Å². The molecule has 1 aromatic carbocycles. The molecule has 0 heterocycles. The van der Waals surface area contributed by atoms with Crippen LogP contribution < -0.4 is 10.2 Å². The van der Waals surface area contributed by atoms with Gasteiger partial charge < -0.3 is 10.2 Å². The van der Waals surface area contributed by atoms with Crippen molar-refractivity contribution in [2.75, 3.05) is 18.0 Å². The highest BCUT2D eigenvalue weighted by molar-refractivity contribution is 5.54. The van der Waals surface area contributed by atoms with E-state index in [4.69, 9.17) is 0 Å². The molecule has 0 spiro atoms. The standard InChI is InChI=1S/C17H25FN2/c1-2-10-20(12-13-6-7-13)17-5-3-4-16(18)15(17)11-19-14-8-9-14/h3-5,13-14,19H,2,6-12H2,1H3. The lowest BCUT2D eigenvalue weighted by Crippen LogP contribution is -2.29. The molecule has 20 heavy (non-hydrogen) atoms. The van der Waals surface area contributed by atoms with E-state index in [9.17, 15) is 4.39 Å². The third kappa shape index (κ3) is 3.51. The van der Waals surface area contributed by atoms with Gasteiger partial charge in [-0.1, -0.05) is 13.0 Å². The van der Waals surface area contributed by atoms with Gasteiger partial charge in [0.25, 0.3) is 0 Å². The molecule has 2 fully saturated rings. The summed E-state index contributed by atoms with van der Waals surface area (Å²) >= 11 is 0. The first-order valence-corrected chi connectivity index (χ1v) is 8.03. The second-order valence-electron chi connectivity index (χ2n) is 6.28. The fourth-order valence-electron chi connectivity index (χ4n) is 2.74. The van der Waals surface area contributed by atoms with Crippen molar-refractivity contribution in [2.24, 2.45) is 5.92 Å². The molecule has 2 aliphatic rings. The molecule has 110 valence electrons. The minimum absolute atomic E-state index is 0.0625. The number of rotatable bonds is 8. The maximum atomic E-state index is 14.2. The Kier molecular flexibility index (Phi) is 4.25. The first kappa shape index (κ1) is 13.9. The van der Waals surface area contributed by atoms with Crippen LogP contribution in [-0.2, 0) is 6.54 Å². The highest BCUT2D eigenvalue weighted by atomic mass is 19.1. The van der Waals surface area contributed by atoms with E-state index in [2.05, 4.69) is 23.2 Å². The third-order valence-corrected chi connectivity index (χ3v) is 4.25. The number of anilines is 1. The average Bonchev–Trinajstić information content (AvgIpc) is 3.31. The fraction of sp³-hybridized carbons (Fsp3) is 0.647. The number of hydrogen-bond donors (Lipinski definition) is 1. The quantitative estimate of drug-likeness (QED) is 0.779. The van der Waals surface area contributed by atoms with Gasteiger partial charge in [0.05, 0.1) is 0 Å². The van der Waals surface area contributed by atoms with Gasteiger partial charge in [0.15, 0.2) is 0 Å². The van der Waals surface area contributed by atoms with E-state index in [0.717, 1.165) is 36.7 Å².